The molecule has 0 rings (SSSR count). The maximum absolute atomic E-state index is 10.7. The van der Waals surface area contributed by atoms with Crippen molar-refractivity contribution in [1.82, 2.24) is 4.90 Å². The normalized spacial score (nSPS) is 13.0. The Hall–Kier alpha value is -0.690. The molecule has 0 spiro atoms. The van der Waals surface area contributed by atoms with E-state index in [1.165, 1.54) is 0 Å². The van der Waals surface area contributed by atoms with Crippen LogP contribution in [0.5, 0.6) is 0 Å². The lowest BCUT2D eigenvalue weighted by atomic mass is 10.1. The number of carboxylic acids is 1. The second kappa shape index (κ2) is 9.53. The summed E-state index contributed by atoms with van der Waals surface area (Å²) in [6, 6.07) is 0. The SMILES string of the molecule is CC(CN(CCO)CCOCCO)C(=O)O. The third kappa shape index (κ3) is 7.58. The lowest BCUT2D eigenvalue weighted by Crippen LogP contribution is -2.36. The van der Waals surface area contributed by atoms with E-state index in [1.807, 2.05) is 4.90 Å². The molecule has 0 aliphatic rings. The van der Waals surface area contributed by atoms with Crippen molar-refractivity contribution in [3.8, 4) is 0 Å². The summed E-state index contributed by atoms with van der Waals surface area (Å²) in [5.41, 5.74) is 0. The van der Waals surface area contributed by atoms with Crippen LogP contribution in [0.3, 0.4) is 0 Å². The van der Waals surface area contributed by atoms with Gasteiger partial charge in [-0.25, -0.2) is 0 Å². The highest BCUT2D eigenvalue weighted by molar-refractivity contribution is 5.69. The van der Waals surface area contributed by atoms with Gasteiger partial charge in [0.1, 0.15) is 0 Å². The second-order valence-electron chi connectivity index (χ2n) is 3.60. The monoisotopic (exact) mass is 235 g/mol. The molecule has 0 aromatic rings. The molecule has 0 saturated heterocycles. The zero-order valence-electron chi connectivity index (χ0n) is 9.63. The van der Waals surface area contributed by atoms with E-state index >= 15 is 0 Å². The first-order chi connectivity index (χ1) is 7.61. The lowest BCUT2D eigenvalue weighted by molar-refractivity contribution is -0.141. The average Bonchev–Trinajstić information content (AvgIpc) is 2.24. The highest BCUT2D eigenvalue weighted by Crippen LogP contribution is 2.00. The molecule has 3 N–H and O–H groups in total. The Labute approximate surface area is 95.4 Å². The van der Waals surface area contributed by atoms with E-state index in [1.54, 1.807) is 6.92 Å². The molecule has 0 radical (unpaired) electrons. The van der Waals surface area contributed by atoms with Gasteiger partial charge in [-0.05, 0) is 0 Å². The van der Waals surface area contributed by atoms with Crippen molar-refractivity contribution in [3.05, 3.63) is 0 Å². The van der Waals surface area contributed by atoms with Gasteiger partial charge in [-0.2, -0.15) is 0 Å². The topological polar surface area (TPSA) is 90.2 Å². The molecular formula is C10H21NO5. The standard InChI is InChI=1S/C10H21NO5/c1-9(10(14)15)8-11(2-4-12)3-6-16-7-5-13/h9,12-13H,2-8H2,1H3,(H,14,15). The molecule has 16 heavy (non-hydrogen) atoms. The maximum atomic E-state index is 10.7. The minimum atomic E-state index is -0.848. The van der Waals surface area contributed by atoms with Crippen molar-refractivity contribution in [2.75, 3.05) is 46.1 Å². The van der Waals surface area contributed by atoms with E-state index in [4.69, 9.17) is 20.1 Å². The van der Waals surface area contributed by atoms with Gasteiger partial charge in [0.2, 0.25) is 0 Å². The van der Waals surface area contributed by atoms with Crippen LogP contribution in [0.1, 0.15) is 6.92 Å². The Kier molecular flexibility index (Phi) is 9.12. The number of hydrogen-bond donors (Lipinski definition) is 3. The van der Waals surface area contributed by atoms with Crippen molar-refractivity contribution >= 4 is 5.97 Å². The Morgan fingerprint density at radius 3 is 2.44 bits per heavy atom. The molecule has 0 heterocycles. The third-order valence-corrected chi connectivity index (χ3v) is 2.16. The molecule has 0 aromatic heterocycles. The van der Waals surface area contributed by atoms with Crippen LogP contribution >= 0.6 is 0 Å². The lowest BCUT2D eigenvalue weighted by Gasteiger charge is -2.22. The largest absolute Gasteiger partial charge is 0.481 e. The van der Waals surface area contributed by atoms with E-state index in [2.05, 4.69) is 0 Å². The van der Waals surface area contributed by atoms with Gasteiger partial charge in [-0.15, -0.1) is 0 Å². The summed E-state index contributed by atoms with van der Waals surface area (Å²) in [5, 5.41) is 26.1. The Morgan fingerprint density at radius 1 is 1.25 bits per heavy atom. The maximum Gasteiger partial charge on any atom is 0.307 e. The van der Waals surface area contributed by atoms with Crippen molar-refractivity contribution in [2.24, 2.45) is 5.92 Å². The van der Waals surface area contributed by atoms with Gasteiger partial charge in [0, 0.05) is 19.6 Å². The molecule has 0 bridgehead atoms. The first-order valence-electron chi connectivity index (χ1n) is 5.36. The molecule has 1 unspecified atom stereocenters. The van der Waals surface area contributed by atoms with Gasteiger partial charge in [0.15, 0.2) is 0 Å². The van der Waals surface area contributed by atoms with Crippen LogP contribution < -0.4 is 0 Å². The van der Waals surface area contributed by atoms with Crippen LogP contribution in [0.15, 0.2) is 0 Å². The van der Waals surface area contributed by atoms with E-state index in [0.717, 1.165) is 0 Å². The van der Waals surface area contributed by atoms with Crippen LogP contribution in [0.25, 0.3) is 0 Å². The zero-order chi connectivity index (χ0) is 12.4. The first-order valence-corrected chi connectivity index (χ1v) is 5.36. The quantitative estimate of drug-likeness (QED) is 0.421. The summed E-state index contributed by atoms with van der Waals surface area (Å²) in [6.45, 7) is 3.67. The van der Waals surface area contributed by atoms with Crippen LogP contribution in [0.2, 0.25) is 0 Å². The number of carboxylic acid groups (broad SMARTS) is 1. The summed E-state index contributed by atoms with van der Waals surface area (Å²) in [5.74, 6) is -1.32. The van der Waals surface area contributed by atoms with Crippen molar-refractivity contribution in [3.63, 3.8) is 0 Å². The molecule has 0 amide bonds. The molecule has 0 saturated carbocycles. The van der Waals surface area contributed by atoms with Crippen molar-refractivity contribution < 1.29 is 24.9 Å². The molecule has 96 valence electrons. The fourth-order valence-corrected chi connectivity index (χ4v) is 1.26. The Morgan fingerprint density at radius 2 is 1.94 bits per heavy atom. The van der Waals surface area contributed by atoms with E-state index in [-0.39, 0.29) is 19.8 Å². The van der Waals surface area contributed by atoms with Gasteiger partial charge < -0.3 is 20.1 Å². The summed E-state index contributed by atoms with van der Waals surface area (Å²) in [7, 11) is 0. The number of hydrogen-bond acceptors (Lipinski definition) is 5. The molecule has 0 aromatic carbocycles. The number of aliphatic hydroxyl groups excluding tert-OH is 2. The third-order valence-electron chi connectivity index (χ3n) is 2.16. The van der Waals surface area contributed by atoms with E-state index in [9.17, 15) is 4.79 Å². The summed E-state index contributed by atoms with van der Waals surface area (Å²) < 4.78 is 5.08. The Balaban J connectivity index is 3.82. The Bertz CT molecular complexity index is 188. The summed E-state index contributed by atoms with van der Waals surface area (Å²) in [4.78, 5) is 12.5. The predicted molar refractivity (Wildman–Crippen MR) is 58.2 cm³/mol. The fourth-order valence-electron chi connectivity index (χ4n) is 1.26. The van der Waals surface area contributed by atoms with Crippen molar-refractivity contribution in [2.45, 2.75) is 6.92 Å². The van der Waals surface area contributed by atoms with Crippen molar-refractivity contribution in [1.29, 1.82) is 0 Å². The van der Waals surface area contributed by atoms with Gasteiger partial charge in [0.25, 0.3) is 0 Å². The first kappa shape index (κ1) is 15.3. The minimum Gasteiger partial charge on any atom is -0.481 e. The van der Waals surface area contributed by atoms with Gasteiger partial charge >= 0.3 is 5.97 Å². The molecule has 0 aliphatic carbocycles. The number of ether oxygens (including phenoxy) is 1. The number of nitrogens with zero attached hydrogens (tertiary/aromatic N) is 1. The number of rotatable bonds is 10. The van der Waals surface area contributed by atoms with Crippen LogP contribution in [-0.4, -0.2) is 72.3 Å². The molecule has 0 aliphatic heterocycles. The zero-order valence-corrected chi connectivity index (χ0v) is 9.63. The number of carbonyl (C=O) groups is 1. The highest BCUT2D eigenvalue weighted by Gasteiger charge is 2.15. The smallest absolute Gasteiger partial charge is 0.307 e. The van der Waals surface area contributed by atoms with Gasteiger partial charge in [0.05, 0.1) is 32.3 Å². The number of aliphatic hydroxyl groups is 2. The van der Waals surface area contributed by atoms with E-state index in [0.29, 0.717) is 26.2 Å². The van der Waals surface area contributed by atoms with Crippen LogP contribution in [-0.2, 0) is 9.53 Å². The van der Waals surface area contributed by atoms with Gasteiger partial charge in [-0.3, -0.25) is 9.69 Å². The number of aliphatic carboxylic acids is 1. The van der Waals surface area contributed by atoms with E-state index < -0.39 is 11.9 Å². The average molecular weight is 235 g/mol. The molecule has 6 heteroatoms. The predicted octanol–water partition coefficient (Wildman–Crippen LogP) is -0.990. The van der Waals surface area contributed by atoms with Gasteiger partial charge in [-0.1, -0.05) is 6.92 Å². The molecule has 6 nitrogen and oxygen atoms in total. The fraction of sp³-hybridized carbons (Fsp3) is 0.900. The molecule has 0 fully saturated rings. The summed E-state index contributed by atoms with van der Waals surface area (Å²) in [6.07, 6.45) is 0. The summed E-state index contributed by atoms with van der Waals surface area (Å²) >= 11 is 0. The second-order valence-corrected chi connectivity index (χ2v) is 3.60. The minimum absolute atomic E-state index is 0.00760. The molecule has 1 atom stereocenters. The van der Waals surface area contributed by atoms with Crippen LogP contribution in [0.4, 0.5) is 0 Å². The highest BCUT2D eigenvalue weighted by atomic mass is 16.5. The molecular weight excluding hydrogens is 214 g/mol. The van der Waals surface area contributed by atoms with Crippen LogP contribution in [0, 0.1) is 5.92 Å².